The van der Waals surface area contributed by atoms with Crippen LogP contribution in [0.15, 0.2) is 30.9 Å². The fraction of sp³-hybridized carbons (Fsp3) is 0.444. The van der Waals surface area contributed by atoms with Gasteiger partial charge in [-0.25, -0.2) is 4.98 Å². The molecule has 1 amide bonds. The van der Waals surface area contributed by atoms with E-state index >= 15 is 0 Å². The third-order valence-corrected chi connectivity index (χ3v) is 4.97. The van der Waals surface area contributed by atoms with Gasteiger partial charge >= 0.3 is 0 Å². The number of rotatable bonds is 3. The Hall–Kier alpha value is -2.70. The first-order valence-corrected chi connectivity index (χ1v) is 8.78. The molecule has 1 fully saturated rings. The molecule has 0 spiro atoms. The van der Waals surface area contributed by atoms with Crippen molar-refractivity contribution in [2.75, 3.05) is 13.1 Å². The number of hydrogen-bond acceptors (Lipinski definition) is 4. The van der Waals surface area contributed by atoms with E-state index in [0.717, 1.165) is 49.5 Å². The molecule has 0 aromatic carbocycles. The van der Waals surface area contributed by atoms with Gasteiger partial charge in [-0.15, -0.1) is 10.2 Å². The van der Waals surface area contributed by atoms with E-state index in [1.807, 2.05) is 40.8 Å². The number of likely N-dealkylation sites (tertiary alicyclic amines) is 1. The Morgan fingerprint density at radius 3 is 2.88 bits per heavy atom. The molecule has 0 bridgehead atoms. The van der Waals surface area contributed by atoms with Crippen LogP contribution < -0.4 is 0 Å². The lowest BCUT2D eigenvalue weighted by atomic mass is 9.95. The first-order chi connectivity index (χ1) is 12.2. The van der Waals surface area contributed by atoms with Gasteiger partial charge in [0.25, 0.3) is 5.91 Å². The third kappa shape index (κ3) is 2.90. The van der Waals surface area contributed by atoms with Crippen molar-refractivity contribution in [2.24, 2.45) is 0 Å². The lowest BCUT2D eigenvalue weighted by Crippen LogP contribution is -2.38. The van der Waals surface area contributed by atoms with E-state index in [0.29, 0.717) is 11.6 Å². The van der Waals surface area contributed by atoms with Gasteiger partial charge in [-0.1, -0.05) is 0 Å². The van der Waals surface area contributed by atoms with Crippen molar-refractivity contribution in [1.82, 2.24) is 29.0 Å². The Bertz CT molecular complexity index is 903. The number of carbonyl (C=O) groups is 1. The van der Waals surface area contributed by atoms with E-state index in [2.05, 4.69) is 26.7 Å². The minimum Gasteiger partial charge on any atom is -0.337 e. The first kappa shape index (κ1) is 15.8. The van der Waals surface area contributed by atoms with Crippen LogP contribution >= 0.6 is 0 Å². The van der Waals surface area contributed by atoms with Crippen molar-refractivity contribution in [3.8, 4) is 0 Å². The summed E-state index contributed by atoms with van der Waals surface area (Å²) in [5, 5.41) is 8.29. The molecule has 0 aliphatic carbocycles. The zero-order chi connectivity index (χ0) is 17.4. The van der Waals surface area contributed by atoms with Crippen LogP contribution in [0, 0.1) is 6.92 Å². The second-order valence-corrected chi connectivity index (χ2v) is 6.64. The Morgan fingerprint density at radius 2 is 2.12 bits per heavy atom. The Kier molecular flexibility index (Phi) is 3.99. The Labute approximate surface area is 146 Å². The highest BCUT2D eigenvalue weighted by Crippen LogP contribution is 2.27. The van der Waals surface area contributed by atoms with Gasteiger partial charge in [0.05, 0.1) is 0 Å². The summed E-state index contributed by atoms with van der Waals surface area (Å²) in [6, 6.07) is 4.00. The molecule has 130 valence electrons. The minimum atomic E-state index is 0.0109. The summed E-state index contributed by atoms with van der Waals surface area (Å²) in [7, 11) is 0. The standard InChI is InChI=1S/C18H22N6O/c1-3-22-12-19-21-17(22)14-5-8-23(9-6-14)18(25)15-11-24-7-4-13(2)10-16(24)20-15/h4,7,10-12,14H,3,5-6,8-9H2,1-2H3. The van der Waals surface area contributed by atoms with Crippen LogP contribution in [0.5, 0.6) is 0 Å². The molecule has 7 nitrogen and oxygen atoms in total. The van der Waals surface area contributed by atoms with Gasteiger partial charge in [0.15, 0.2) is 0 Å². The highest BCUT2D eigenvalue weighted by atomic mass is 16.2. The number of hydrogen-bond donors (Lipinski definition) is 0. The van der Waals surface area contributed by atoms with Crippen LogP contribution in [-0.2, 0) is 6.54 Å². The normalized spacial score (nSPS) is 15.8. The minimum absolute atomic E-state index is 0.0109. The predicted octanol–water partition coefficient (Wildman–Crippen LogP) is 2.27. The Morgan fingerprint density at radius 1 is 1.32 bits per heavy atom. The molecule has 0 unspecified atom stereocenters. The van der Waals surface area contributed by atoms with Gasteiger partial charge in [-0.3, -0.25) is 4.79 Å². The van der Waals surface area contributed by atoms with Crippen molar-refractivity contribution >= 4 is 11.6 Å². The molecule has 0 atom stereocenters. The number of carbonyl (C=O) groups excluding carboxylic acids is 1. The first-order valence-electron chi connectivity index (χ1n) is 8.78. The number of aromatic nitrogens is 5. The maximum Gasteiger partial charge on any atom is 0.274 e. The lowest BCUT2D eigenvalue weighted by Gasteiger charge is -2.31. The van der Waals surface area contributed by atoms with Gasteiger partial charge < -0.3 is 13.9 Å². The van der Waals surface area contributed by atoms with E-state index in [4.69, 9.17) is 0 Å². The van der Waals surface area contributed by atoms with E-state index < -0.39 is 0 Å². The van der Waals surface area contributed by atoms with E-state index in [-0.39, 0.29) is 5.91 Å². The topological polar surface area (TPSA) is 68.3 Å². The molecule has 0 saturated carbocycles. The van der Waals surface area contributed by atoms with Crippen molar-refractivity contribution in [1.29, 1.82) is 0 Å². The number of imidazole rings is 1. The van der Waals surface area contributed by atoms with E-state index in [1.54, 1.807) is 6.33 Å². The smallest absolute Gasteiger partial charge is 0.274 e. The molecule has 0 N–H and O–H groups in total. The monoisotopic (exact) mass is 338 g/mol. The third-order valence-electron chi connectivity index (χ3n) is 4.97. The SMILES string of the molecule is CCn1cnnc1C1CCN(C(=O)c2cn3ccc(C)cc3n2)CC1. The molecular weight excluding hydrogens is 316 g/mol. The predicted molar refractivity (Wildman–Crippen MR) is 93.5 cm³/mol. The number of pyridine rings is 1. The maximum atomic E-state index is 12.8. The molecule has 3 aromatic heterocycles. The lowest BCUT2D eigenvalue weighted by molar-refractivity contribution is 0.0705. The zero-order valence-corrected chi connectivity index (χ0v) is 14.6. The number of aryl methyl sites for hydroxylation is 2. The molecule has 1 saturated heterocycles. The molecule has 25 heavy (non-hydrogen) atoms. The number of piperidine rings is 1. The molecule has 7 heteroatoms. The average molecular weight is 338 g/mol. The molecule has 0 radical (unpaired) electrons. The summed E-state index contributed by atoms with van der Waals surface area (Å²) in [6.45, 7) is 6.45. The number of nitrogens with zero attached hydrogens (tertiary/aromatic N) is 6. The van der Waals surface area contributed by atoms with Crippen LogP contribution in [0.3, 0.4) is 0 Å². The summed E-state index contributed by atoms with van der Waals surface area (Å²) in [5.74, 6) is 1.42. The van der Waals surface area contributed by atoms with Crippen molar-refractivity contribution in [2.45, 2.75) is 39.2 Å². The fourth-order valence-electron chi connectivity index (χ4n) is 3.51. The van der Waals surface area contributed by atoms with Gasteiger partial charge in [0.1, 0.15) is 23.5 Å². The molecule has 1 aliphatic heterocycles. The largest absolute Gasteiger partial charge is 0.337 e. The van der Waals surface area contributed by atoms with Crippen LogP contribution in [0.4, 0.5) is 0 Å². The van der Waals surface area contributed by atoms with Gasteiger partial charge in [-0.2, -0.15) is 0 Å². The van der Waals surface area contributed by atoms with E-state index in [1.165, 1.54) is 0 Å². The highest BCUT2D eigenvalue weighted by Gasteiger charge is 2.28. The quantitative estimate of drug-likeness (QED) is 0.735. The fourth-order valence-corrected chi connectivity index (χ4v) is 3.51. The summed E-state index contributed by atoms with van der Waals surface area (Å²) in [4.78, 5) is 19.2. The van der Waals surface area contributed by atoms with Crippen LogP contribution in [-0.4, -0.2) is 48.0 Å². The van der Waals surface area contributed by atoms with Gasteiger partial charge in [-0.05, 0) is 44.4 Å². The Balaban J connectivity index is 1.47. The molecule has 1 aliphatic rings. The van der Waals surface area contributed by atoms with Crippen molar-refractivity contribution in [3.05, 3.63) is 47.9 Å². The molecule has 3 aromatic rings. The maximum absolute atomic E-state index is 12.8. The summed E-state index contributed by atoms with van der Waals surface area (Å²) in [6.07, 6.45) is 7.37. The number of amides is 1. The average Bonchev–Trinajstić information content (AvgIpc) is 3.27. The van der Waals surface area contributed by atoms with Crippen LogP contribution in [0.2, 0.25) is 0 Å². The highest BCUT2D eigenvalue weighted by molar-refractivity contribution is 5.93. The summed E-state index contributed by atoms with van der Waals surface area (Å²) >= 11 is 0. The van der Waals surface area contributed by atoms with E-state index in [9.17, 15) is 4.79 Å². The molecule has 4 rings (SSSR count). The second-order valence-electron chi connectivity index (χ2n) is 6.64. The van der Waals surface area contributed by atoms with Crippen molar-refractivity contribution in [3.63, 3.8) is 0 Å². The zero-order valence-electron chi connectivity index (χ0n) is 14.6. The molecule has 4 heterocycles. The van der Waals surface area contributed by atoms with Crippen LogP contribution in [0.25, 0.3) is 5.65 Å². The van der Waals surface area contributed by atoms with Crippen LogP contribution in [0.1, 0.15) is 47.6 Å². The summed E-state index contributed by atoms with van der Waals surface area (Å²) in [5.41, 5.74) is 2.47. The van der Waals surface area contributed by atoms with Gasteiger partial charge in [0, 0.05) is 37.9 Å². The second kappa shape index (κ2) is 6.31. The number of fused-ring (bicyclic) bond motifs is 1. The van der Waals surface area contributed by atoms with Crippen molar-refractivity contribution < 1.29 is 4.79 Å². The molecular formula is C18H22N6O. The summed E-state index contributed by atoms with van der Waals surface area (Å²) < 4.78 is 3.99. The van der Waals surface area contributed by atoms with Gasteiger partial charge in [0.2, 0.25) is 0 Å².